The molecular weight excluding hydrogens is 434 g/mol. The zero-order valence-corrected chi connectivity index (χ0v) is 21.1. The van der Waals surface area contributed by atoms with Crippen molar-refractivity contribution in [2.24, 2.45) is 0 Å². The van der Waals surface area contributed by atoms with Crippen LogP contribution < -0.4 is 68.6 Å². The molecule has 0 saturated carbocycles. The molecule has 2 aromatic rings. The molecule has 0 N–H and O–H groups in total. The van der Waals surface area contributed by atoms with Gasteiger partial charge in [-0.15, -0.1) is 0 Å². The fourth-order valence-corrected chi connectivity index (χ4v) is 3.53. The number of ether oxygens (including phenoxy) is 2. The Labute approximate surface area is 206 Å². The Hall–Kier alpha value is -0.470. The van der Waals surface area contributed by atoms with E-state index in [0.29, 0.717) is 0 Å². The molecule has 0 radical (unpaired) electrons. The Morgan fingerprint density at radius 1 is 0.750 bits per heavy atom. The zero-order chi connectivity index (χ0) is 19.7. The second-order valence-electron chi connectivity index (χ2n) is 4.97. The Bertz CT molecular complexity index is 995. The van der Waals surface area contributed by atoms with E-state index in [2.05, 4.69) is 0 Å². The van der Waals surface area contributed by atoms with Crippen LogP contribution in [0.4, 0.5) is 0 Å². The van der Waals surface area contributed by atoms with Gasteiger partial charge in [-0.05, 0) is 36.4 Å². The molecule has 140 valence electrons. The number of hydrogen-bond donors (Lipinski definition) is 0. The van der Waals surface area contributed by atoms with E-state index >= 15 is 0 Å². The van der Waals surface area contributed by atoms with E-state index in [1.54, 1.807) is 0 Å². The maximum Gasteiger partial charge on any atom is 1.00 e. The van der Waals surface area contributed by atoms with Crippen molar-refractivity contribution >= 4 is 26.0 Å². The topological polar surface area (TPSA) is 150 Å². The molecule has 28 heavy (non-hydrogen) atoms. The summed E-state index contributed by atoms with van der Waals surface area (Å²) in [5, 5.41) is 0. The fourth-order valence-electron chi connectivity index (χ4n) is 2.19. The third-order valence-electron chi connectivity index (χ3n) is 3.39. The van der Waals surface area contributed by atoms with Gasteiger partial charge in [-0.1, -0.05) is 0 Å². The minimum absolute atomic E-state index is 0. The van der Waals surface area contributed by atoms with Gasteiger partial charge >= 0.3 is 59.1 Å². The number of carbonyl (C=O) groups is 1. The second kappa shape index (κ2) is 10.5. The van der Waals surface area contributed by atoms with Gasteiger partial charge in [0.15, 0.2) is 5.78 Å². The number of methoxy groups -OCH3 is 2. The normalized spacial score (nSPS) is 11.0. The predicted molar refractivity (Wildman–Crippen MR) is 85.3 cm³/mol. The second-order valence-corrected chi connectivity index (χ2v) is 7.66. The molecule has 0 aliphatic carbocycles. The molecule has 0 amide bonds. The summed E-state index contributed by atoms with van der Waals surface area (Å²) >= 11 is 0. The van der Waals surface area contributed by atoms with Gasteiger partial charge in [0.05, 0.1) is 24.0 Å². The Morgan fingerprint density at radius 2 is 1.07 bits per heavy atom. The predicted octanol–water partition coefficient (Wildman–Crippen LogP) is -5.25. The van der Waals surface area contributed by atoms with E-state index in [0.717, 1.165) is 38.5 Å². The van der Waals surface area contributed by atoms with Crippen LogP contribution in [0, 0.1) is 0 Å². The van der Waals surface area contributed by atoms with Gasteiger partial charge in [0.25, 0.3) is 0 Å². The molecule has 13 heteroatoms. The molecule has 0 aromatic heterocycles. The summed E-state index contributed by atoms with van der Waals surface area (Å²) in [6.07, 6.45) is 0. The zero-order valence-electron chi connectivity index (χ0n) is 15.5. The van der Waals surface area contributed by atoms with Gasteiger partial charge < -0.3 is 18.6 Å². The van der Waals surface area contributed by atoms with E-state index in [9.17, 15) is 30.7 Å². The molecule has 0 spiro atoms. The minimum atomic E-state index is -4.92. The average molecular weight is 446 g/mol. The van der Waals surface area contributed by atoms with Gasteiger partial charge in [-0.3, -0.25) is 4.79 Å². The Morgan fingerprint density at radius 3 is 1.32 bits per heavy atom. The number of rotatable bonds is 6. The third kappa shape index (κ3) is 6.26. The molecule has 0 heterocycles. The number of ketones is 1. The van der Waals surface area contributed by atoms with Crippen LogP contribution in [0.3, 0.4) is 0 Å². The molecule has 0 atom stereocenters. The first kappa shape index (κ1) is 27.5. The van der Waals surface area contributed by atoms with Crippen molar-refractivity contribution in [3.8, 4) is 11.5 Å². The standard InChI is InChI=1S/C15H14O9S2.2Na/c1-23-11-5-3-9(7-13(11)25(17,18)19)15(16)10-4-6-12(24-2)14(8-10)26(20,21)22;;/h3-8H,1-2H3,(H,17,18,19)(H,20,21,22);;/q;2*+1/p-2. The molecule has 2 rings (SSSR count). The largest absolute Gasteiger partial charge is 1.00 e. The maximum absolute atomic E-state index is 12.5. The number of hydrogen-bond acceptors (Lipinski definition) is 9. The van der Waals surface area contributed by atoms with Gasteiger partial charge in [-0.25, -0.2) is 16.8 Å². The summed E-state index contributed by atoms with van der Waals surface area (Å²) in [6, 6.07) is 6.27. The van der Waals surface area contributed by atoms with Gasteiger partial charge in [-0.2, -0.15) is 0 Å². The van der Waals surface area contributed by atoms with Crippen LogP contribution in [0.2, 0.25) is 0 Å². The molecule has 9 nitrogen and oxygen atoms in total. The smallest absolute Gasteiger partial charge is 0.744 e. The maximum atomic E-state index is 12.5. The average Bonchev–Trinajstić information content (AvgIpc) is 2.58. The molecular formula is C15H12Na2O9S2. The van der Waals surface area contributed by atoms with E-state index in [1.807, 2.05) is 0 Å². The number of carbonyl (C=O) groups excluding carboxylic acids is 1. The van der Waals surface area contributed by atoms with Crippen LogP contribution >= 0.6 is 0 Å². The summed E-state index contributed by atoms with van der Waals surface area (Å²) in [4.78, 5) is 11.0. The van der Waals surface area contributed by atoms with Gasteiger partial charge in [0.1, 0.15) is 31.7 Å². The first-order chi connectivity index (χ1) is 12.0. The van der Waals surface area contributed by atoms with Crippen molar-refractivity contribution in [2.45, 2.75) is 9.79 Å². The van der Waals surface area contributed by atoms with Crippen molar-refractivity contribution < 1.29 is 99.3 Å². The summed E-state index contributed by atoms with van der Waals surface area (Å²) in [5.74, 6) is -1.28. The third-order valence-corrected chi connectivity index (χ3v) is 5.11. The summed E-state index contributed by atoms with van der Waals surface area (Å²) < 4.78 is 77.4. The first-order valence-corrected chi connectivity index (χ1v) is 9.63. The minimum Gasteiger partial charge on any atom is -0.744 e. The summed E-state index contributed by atoms with van der Waals surface area (Å²) in [6.45, 7) is 0. The molecule has 0 fully saturated rings. The molecule has 2 aromatic carbocycles. The van der Waals surface area contributed by atoms with Crippen molar-refractivity contribution in [2.75, 3.05) is 14.2 Å². The van der Waals surface area contributed by atoms with Crippen LogP contribution in [0.5, 0.6) is 11.5 Å². The Kier molecular flexibility index (Phi) is 10.3. The van der Waals surface area contributed by atoms with Crippen molar-refractivity contribution in [3.05, 3.63) is 47.5 Å². The Balaban J connectivity index is 0.00000364. The fraction of sp³-hybridized carbons (Fsp3) is 0.133. The van der Waals surface area contributed by atoms with Crippen LogP contribution in [-0.2, 0) is 20.2 Å². The van der Waals surface area contributed by atoms with E-state index in [1.165, 1.54) is 12.1 Å². The molecule has 0 saturated heterocycles. The van der Waals surface area contributed by atoms with Crippen molar-refractivity contribution in [1.29, 1.82) is 0 Å². The van der Waals surface area contributed by atoms with E-state index < -0.39 is 35.8 Å². The quantitative estimate of drug-likeness (QED) is 0.241. The van der Waals surface area contributed by atoms with Crippen LogP contribution in [0.1, 0.15) is 15.9 Å². The molecule has 0 aliphatic heterocycles. The summed E-state index contributed by atoms with van der Waals surface area (Å²) in [5.41, 5.74) is -0.417. The molecule has 0 bridgehead atoms. The molecule has 0 aliphatic rings. The van der Waals surface area contributed by atoms with E-state index in [-0.39, 0.29) is 81.7 Å². The number of benzene rings is 2. The van der Waals surface area contributed by atoms with Crippen LogP contribution in [0.25, 0.3) is 0 Å². The molecule has 0 unspecified atom stereocenters. The van der Waals surface area contributed by atoms with Gasteiger partial charge in [0.2, 0.25) is 0 Å². The van der Waals surface area contributed by atoms with Crippen molar-refractivity contribution in [3.63, 3.8) is 0 Å². The summed E-state index contributed by atoms with van der Waals surface area (Å²) in [7, 11) is -7.53. The SMILES string of the molecule is COc1ccc(C(=O)c2ccc(OC)c(S(=O)(=O)[O-])c2)cc1S(=O)(=O)[O-].[Na+].[Na+]. The van der Waals surface area contributed by atoms with Crippen molar-refractivity contribution in [1.82, 2.24) is 0 Å². The first-order valence-electron chi connectivity index (χ1n) is 6.81. The van der Waals surface area contributed by atoms with Gasteiger partial charge in [0, 0.05) is 11.1 Å². The van der Waals surface area contributed by atoms with Crippen LogP contribution in [0.15, 0.2) is 46.2 Å². The monoisotopic (exact) mass is 446 g/mol. The van der Waals surface area contributed by atoms with E-state index in [4.69, 9.17) is 9.47 Å². The van der Waals surface area contributed by atoms with Crippen LogP contribution in [-0.4, -0.2) is 45.9 Å².